The van der Waals surface area contributed by atoms with Crippen LogP contribution < -0.4 is 11.3 Å². The first-order valence-electron chi connectivity index (χ1n) is 5.72. The highest BCUT2D eigenvalue weighted by atomic mass is 32.2. The van der Waals surface area contributed by atoms with Gasteiger partial charge in [-0.05, 0) is 25.0 Å². The van der Waals surface area contributed by atoms with E-state index < -0.39 is 0 Å². The van der Waals surface area contributed by atoms with Crippen LogP contribution in [0.15, 0.2) is 51.4 Å². The van der Waals surface area contributed by atoms with Crippen molar-refractivity contribution >= 4 is 11.8 Å². The van der Waals surface area contributed by atoms with Gasteiger partial charge >= 0.3 is 0 Å². The smallest absolute Gasteiger partial charge is 0.251 e. The Morgan fingerprint density at radius 2 is 2.17 bits per heavy atom. The Labute approximate surface area is 110 Å². The van der Waals surface area contributed by atoms with E-state index in [-0.39, 0.29) is 11.6 Å². The summed E-state index contributed by atoms with van der Waals surface area (Å²) in [6.45, 7) is 1.98. The van der Waals surface area contributed by atoms with Gasteiger partial charge in [0.25, 0.3) is 5.56 Å². The normalized spacial score (nSPS) is 12.3. The van der Waals surface area contributed by atoms with E-state index in [0.29, 0.717) is 5.16 Å². The van der Waals surface area contributed by atoms with Crippen LogP contribution >= 0.6 is 11.8 Å². The lowest BCUT2D eigenvalue weighted by Crippen LogP contribution is -2.18. The molecule has 1 aromatic heterocycles. The molecular weight excluding hydrogens is 246 g/mol. The van der Waals surface area contributed by atoms with E-state index >= 15 is 0 Å². The van der Waals surface area contributed by atoms with Gasteiger partial charge in [-0.15, -0.1) is 0 Å². The fourth-order valence-corrected chi connectivity index (χ4v) is 2.53. The fraction of sp³-hybridized carbons (Fsp3) is 0.231. The highest BCUT2D eigenvalue weighted by Gasteiger charge is 2.07. The Morgan fingerprint density at radius 3 is 2.89 bits per heavy atom. The zero-order valence-electron chi connectivity index (χ0n) is 10.1. The summed E-state index contributed by atoms with van der Waals surface area (Å²) in [5, 5.41) is 0.597. The molecule has 2 aromatic rings. The lowest BCUT2D eigenvalue weighted by molar-refractivity contribution is 0.729. The van der Waals surface area contributed by atoms with Crippen molar-refractivity contribution in [3.63, 3.8) is 0 Å². The van der Waals surface area contributed by atoms with Crippen molar-refractivity contribution in [2.75, 3.05) is 0 Å². The quantitative estimate of drug-likeness (QED) is 0.823. The molecule has 4 nitrogen and oxygen atoms in total. The van der Waals surface area contributed by atoms with Crippen LogP contribution in [-0.4, -0.2) is 16.0 Å². The van der Waals surface area contributed by atoms with Gasteiger partial charge < -0.3 is 10.7 Å². The summed E-state index contributed by atoms with van der Waals surface area (Å²) in [6.07, 6.45) is 2.32. The highest BCUT2D eigenvalue weighted by molar-refractivity contribution is 7.99. The van der Waals surface area contributed by atoms with Gasteiger partial charge in [0.2, 0.25) is 0 Å². The van der Waals surface area contributed by atoms with Gasteiger partial charge in [0.15, 0.2) is 5.16 Å². The molecule has 5 heteroatoms. The van der Waals surface area contributed by atoms with Gasteiger partial charge in [-0.1, -0.05) is 30.0 Å². The molecule has 94 valence electrons. The van der Waals surface area contributed by atoms with Crippen LogP contribution in [0.5, 0.6) is 0 Å². The third-order valence-corrected chi connectivity index (χ3v) is 3.39. The van der Waals surface area contributed by atoms with Gasteiger partial charge in [0, 0.05) is 23.2 Å². The first-order valence-corrected chi connectivity index (χ1v) is 6.53. The molecule has 0 aliphatic carbocycles. The van der Waals surface area contributed by atoms with Gasteiger partial charge in [0.05, 0.1) is 0 Å². The molecule has 18 heavy (non-hydrogen) atoms. The summed E-state index contributed by atoms with van der Waals surface area (Å²) in [4.78, 5) is 19.1. The van der Waals surface area contributed by atoms with Crippen molar-refractivity contribution in [1.29, 1.82) is 0 Å². The minimum atomic E-state index is -0.142. The lowest BCUT2D eigenvalue weighted by atomic mass is 10.1. The Kier molecular flexibility index (Phi) is 4.17. The molecule has 1 atom stereocenters. The van der Waals surface area contributed by atoms with Gasteiger partial charge in [-0.2, -0.15) is 0 Å². The topological polar surface area (TPSA) is 71.8 Å². The molecule has 3 N–H and O–H groups in total. The number of rotatable bonds is 4. The molecular formula is C13H15N3OS. The summed E-state index contributed by atoms with van der Waals surface area (Å²) in [5.41, 5.74) is 6.86. The molecule has 2 rings (SSSR count). The van der Waals surface area contributed by atoms with E-state index in [4.69, 9.17) is 5.73 Å². The number of nitrogens with one attached hydrogen (secondary N) is 1. The number of benzene rings is 1. The molecule has 0 saturated heterocycles. The first kappa shape index (κ1) is 12.9. The lowest BCUT2D eigenvalue weighted by Gasteiger charge is -2.10. The molecule has 1 heterocycles. The van der Waals surface area contributed by atoms with E-state index in [9.17, 15) is 4.79 Å². The Morgan fingerprint density at radius 1 is 1.39 bits per heavy atom. The third-order valence-electron chi connectivity index (χ3n) is 2.37. The minimum Gasteiger partial charge on any atom is -0.328 e. The maximum atomic E-state index is 11.2. The van der Waals surface area contributed by atoms with Gasteiger partial charge in [0.1, 0.15) is 0 Å². The van der Waals surface area contributed by atoms with Crippen molar-refractivity contribution in [3.05, 3.63) is 52.4 Å². The number of aromatic amines is 1. The average Bonchev–Trinajstić information content (AvgIpc) is 2.31. The zero-order chi connectivity index (χ0) is 13.0. The largest absolute Gasteiger partial charge is 0.328 e. The maximum Gasteiger partial charge on any atom is 0.251 e. The monoisotopic (exact) mass is 261 g/mol. The van der Waals surface area contributed by atoms with Crippen LogP contribution in [0.2, 0.25) is 0 Å². The highest BCUT2D eigenvalue weighted by Crippen LogP contribution is 2.27. The van der Waals surface area contributed by atoms with Crippen molar-refractivity contribution < 1.29 is 0 Å². The second-order valence-corrected chi connectivity index (χ2v) is 5.16. The summed E-state index contributed by atoms with van der Waals surface area (Å²) < 4.78 is 0. The van der Waals surface area contributed by atoms with Crippen LogP contribution in [0.3, 0.4) is 0 Å². The zero-order valence-corrected chi connectivity index (χ0v) is 10.9. The van der Waals surface area contributed by atoms with Crippen LogP contribution in [0.4, 0.5) is 0 Å². The molecule has 0 radical (unpaired) electrons. The standard InChI is InChI=1S/C13H15N3OS/c1-9(14)8-10-4-2-3-5-11(10)18-13-15-7-6-12(17)16-13/h2-7,9H,8,14H2,1H3,(H,15,16,17). The second kappa shape index (κ2) is 5.84. The molecule has 1 unspecified atom stereocenters. The van der Waals surface area contributed by atoms with Crippen molar-refractivity contribution in [2.45, 2.75) is 29.4 Å². The number of nitrogens with zero attached hydrogens (tertiary/aromatic N) is 1. The van der Waals surface area contributed by atoms with E-state index in [1.54, 1.807) is 0 Å². The number of hydrogen-bond donors (Lipinski definition) is 2. The minimum absolute atomic E-state index is 0.106. The summed E-state index contributed by atoms with van der Waals surface area (Å²) in [6, 6.07) is 9.52. The van der Waals surface area contributed by atoms with Crippen LogP contribution in [0, 0.1) is 0 Å². The van der Waals surface area contributed by atoms with Gasteiger partial charge in [-0.25, -0.2) is 4.98 Å². The summed E-state index contributed by atoms with van der Waals surface area (Å²) >= 11 is 1.45. The summed E-state index contributed by atoms with van der Waals surface area (Å²) in [5.74, 6) is 0. The van der Waals surface area contributed by atoms with Gasteiger partial charge in [-0.3, -0.25) is 4.79 Å². The maximum absolute atomic E-state index is 11.2. The van der Waals surface area contributed by atoms with Crippen LogP contribution in [0.1, 0.15) is 12.5 Å². The molecule has 0 bridgehead atoms. The predicted molar refractivity (Wildman–Crippen MR) is 72.8 cm³/mol. The Hall–Kier alpha value is -1.59. The molecule has 0 aliphatic heterocycles. The number of hydrogen-bond acceptors (Lipinski definition) is 4. The first-order chi connectivity index (χ1) is 8.65. The summed E-state index contributed by atoms with van der Waals surface area (Å²) in [7, 11) is 0. The number of aromatic nitrogens is 2. The second-order valence-electron chi connectivity index (χ2n) is 4.13. The van der Waals surface area contributed by atoms with Crippen molar-refractivity contribution in [1.82, 2.24) is 9.97 Å². The molecule has 0 aliphatic rings. The van der Waals surface area contributed by atoms with E-state index in [1.165, 1.54) is 29.6 Å². The van der Waals surface area contributed by atoms with E-state index in [2.05, 4.69) is 9.97 Å². The predicted octanol–water partition coefficient (Wildman–Crippen LogP) is 1.81. The van der Waals surface area contributed by atoms with Crippen LogP contribution in [-0.2, 0) is 6.42 Å². The fourth-order valence-electron chi connectivity index (χ4n) is 1.63. The van der Waals surface area contributed by atoms with E-state index in [0.717, 1.165) is 11.3 Å². The molecule has 0 fully saturated rings. The average molecular weight is 261 g/mol. The molecule has 0 amide bonds. The third kappa shape index (κ3) is 3.45. The van der Waals surface area contributed by atoms with Crippen molar-refractivity contribution in [3.8, 4) is 0 Å². The molecule has 0 saturated carbocycles. The number of nitrogens with two attached hydrogens (primary N) is 1. The van der Waals surface area contributed by atoms with E-state index in [1.807, 2.05) is 31.2 Å². The Balaban J connectivity index is 2.26. The van der Waals surface area contributed by atoms with Crippen LogP contribution in [0.25, 0.3) is 0 Å². The number of H-pyrrole nitrogens is 1. The molecule has 1 aromatic carbocycles. The SMILES string of the molecule is CC(N)Cc1ccccc1Sc1nccc(=O)[nH]1. The molecule has 0 spiro atoms. The Bertz CT molecular complexity index is 580. The van der Waals surface area contributed by atoms with Crippen molar-refractivity contribution in [2.24, 2.45) is 5.73 Å².